The Morgan fingerprint density at radius 1 is 0.538 bits per heavy atom. The maximum Gasteiger partial charge on any atom is 0.0121 e. The maximum atomic E-state index is 2.72. The number of hydrogen-bond donors (Lipinski definition) is 0. The Balaban J connectivity index is 0.000000209. The van der Waals surface area contributed by atoms with Gasteiger partial charge in [0.25, 0.3) is 0 Å². The van der Waals surface area contributed by atoms with E-state index in [-0.39, 0.29) is 0 Å². The van der Waals surface area contributed by atoms with E-state index in [0.717, 1.165) is 18.1 Å². The van der Waals surface area contributed by atoms with Gasteiger partial charge in [0.05, 0.1) is 0 Å². The number of piperidine rings is 1. The van der Waals surface area contributed by atoms with E-state index in [1.807, 2.05) is 0 Å². The highest BCUT2D eigenvalue weighted by Crippen LogP contribution is 2.19. The van der Waals surface area contributed by atoms with Crippen molar-refractivity contribution in [3.63, 3.8) is 0 Å². The van der Waals surface area contributed by atoms with Gasteiger partial charge >= 0.3 is 0 Å². The second-order valence-corrected chi connectivity index (χ2v) is 9.13. The number of piperazine rings is 2. The topological polar surface area (TPSA) is 16.2 Å². The Hall–Kier alpha value is -0.200. The van der Waals surface area contributed by atoms with Gasteiger partial charge in [-0.3, -0.25) is 9.80 Å². The van der Waals surface area contributed by atoms with E-state index in [0.29, 0.717) is 0 Å². The zero-order chi connectivity index (χ0) is 19.1. The molecule has 26 heavy (non-hydrogen) atoms. The van der Waals surface area contributed by atoms with Crippen molar-refractivity contribution in [3.05, 3.63) is 0 Å². The van der Waals surface area contributed by atoms with Crippen molar-refractivity contribution >= 4 is 0 Å². The summed E-state index contributed by atoms with van der Waals surface area (Å²) in [4.78, 5) is 12.7. The van der Waals surface area contributed by atoms with Crippen molar-refractivity contribution in [3.8, 4) is 0 Å². The number of hydrogen-bond acceptors (Lipinski definition) is 5. The molecule has 0 spiro atoms. The van der Waals surface area contributed by atoms with E-state index in [9.17, 15) is 0 Å². The van der Waals surface area contributed by atoms with Crippen LogP contribution in [0.4, 0.5) is 0 Å². The van der Waals surface area contributed by atoms with Crippen LogP contribution in [0.5, 0.6) is 0 Å². The van der Waals surface area contributed by atoms with Crippen molar-refractivity contribution in [1.82, 2.24) is 24.5 Å². The molecule has 3 rings (SSSR count). The van der Waals surface area contributed by atoms with E-state index < -0.39 is 0 Å². The SMILES string of the molecule is CC(C)N1CCC(N2CCN(C)CC2)CC1.CC(C)N1CCN(C)CC1. The second kappa shape index (κ2) is 11.0. The average molecular weight is 368 g/mol. The third-order valence-corrected chi connectivity index (χ3v) is 6.55. The van der Waals surface area contributed by atoms with Gasteiger partial charge < -0.3 is 14.7 Å². The fourth-order valence-corrected chi connectivity index (χ4v) is 4.29. The van der Waals surface area contributed by atoms with Crippen molar-refractivity contribution < 1.29 is 0 Å². The Morgan fingerprint density at radius 3 is 1.35 bits per heavy atom. The molecule has 5 heteroatoms. The molecule has 5 nitrogen and oxygen atoms in total. The molecular formula is C21H45N5. The summed E-state index contributed by atoms with van der Waals surface area (Å²) in [7, 11) is 4.43. The Kier molecular flexibility index (Phi) is 9.31. The zero-order valence-electron chi connectivity index (χ0n) is 18.5. The minimum absolute atomic E-state index is 0.730. The minimum Gasteiger partial charge on any atom is -0.304 e. The molecule has 3 fully saturated rings. The lowest BCUT2D eigenvalue weighted by atomic mass is 10.0. The van der Waals surface area contributed by atoms with Gasteiger partial charge in [0.15, 0.2) is 0 Å². The van der Waals surface area contributed by atoms with Crippen molar-refractivity contribution in [2.75, 3.05) is 79.5 Å². The molecule has 0 N–H and O–H groups in total. The molecule has 0 aromatic carbocycles. The number of nitrogens with zero attached hydrogens (tertiary/aromatic N) is 5. The monoisotopic (exact) mass is 367 g/mol. The predicted octanol–water partition coefficient (Wildman–Crippen LogP) is 1.75. The highest BCUT2D eigenvalue weighted by Gasteiger charge is 2.27. The molecule has 0 aromatic rings. The van der Waals surface area contributed by atoms with Gasteiger partial charge in [0.2, 0.25) is 0 Å². The maximum absolute atomic E-state index is 2.72. The Morgan fingerprint density at radius 2 is 0.923 bits per heavy atom. The summed E-state index contributed by atoms with van der Waals surface area (Å²) in [5.74, 6) is 0. The number of likely N-dealkylation sites (N-methyl/N-ethyl adjacent to an activating group) is 2. The quantitative estimate of drug-likeness (QED) is 0.753. The van der Waals surface area contributed by atoms with Crippen LogP contribution < -0.4 is 0 Å². The van der Waals surface area contributed by atoms with Crippen molar-refractivity contribution in [2.45, 2.75) is 58.7 Å². The van der Waals surface area contributed by atoms with Crippen LogP contribution in [-0.2, 0) is 0 Å². The molecule has 154 valence electrons. The van der Waals surface area contributed by atoms with E-state index in [1.165, 1.54) is 78.3 Å². The van der Waals surface area contributed by atoms with Crippen molar-refractivity contribution in [1.29, 1.82) is 0 Å². The molecule has 0 bridgehead atoms. The highest BCUT2D eigenvalue weighted by atomic mass is 15.3. The smallest absolute Gasteiger partial charge is 0.0121 e. The predicted molar refractivity (Wildman–Crippen MR) is 113 cm³/mol. The first kappa shape index (κ1) is 22.1. The summed E-state index contributed by atoms with van der Waals surface area (Å²) in [5, 5.41) is 0. The summed E-state index contributed by atoms with van der Waals surface area (Å²) < 4.78 is 0. The number of rotatable bonds is 3. The molecule has 0 unspecified atom stereocenters. The minimum atomic E-state index is 0.730. The van der Waals surface area contributed by atoms with E-state index >= 15 is 0 Å². The molecule has 0 saturated carbocycles. The Labute approximate surface area is 163 Å². The molecule has 3 heterocycles. The lowest BCUT2D eigenvalue weighted by Gasteiger charge is -2.43. The van der Waals surface area contributed by atoms with E-state index in [1.54, 1.807) is 0 Å². The van der Waals surface area contributed by atoms with Gasteiger partial charge in [0, 0.05) is 70.5 Å². The zero-order valence-corrected chi connectivity index (χ0v) is 18.5. The van der Waals surface area contributed by atoms with Crippen LogP contribution >= 0.6 is 0 Å². The highest BCUT2D eigenvalue weighted by molar-refractivity contribution is 4.83. The van der Waals surface area contributed by atoms with Crippen LogP contribution in [0.15, 0.2) is 0 Å². The third kappa shape index (κ3) is 7.08. The third-order valence-electron chi connectivity index (χ3n) is 6.55. The van der Waals surface area contributed by atoms with Crippen LogP contribution in [0.2, 0.25) is 0 Å². The van der Waals surface area contributed by atoms with E-state index in [2.05, 4.69) is 66.3 Å². The van der Waals surface area contributed by atoms with Gasteiger partial charge in [-0.05, 0) is 67.7 Å². The number of likely N-dealkylation sites (tertiary alicyclic amines) is 1. The van der Waals surface area contributed by atoms with Crippen LogP contribution in [0.1, 0.15) is 40.5 Å². The molecule has 3 aliphatic rings. The lowest BCUT2D eigenvalue weighted by molar-refractivity contribution is 0.0592. The molecule has 0 atom stereocenters. The van der Waals surface area contributed by atoms with Crippen LogP contribution in [0.25, 0.3) is 0 Å². The fraction of sp³-hybridized carbons (Fsp3) is 1.00. The Bertz CT molecular complexity index is 363. The molecule has 3 aliphatic heterocycles. The molecule has 0 amide bonds. The summed E-state index contributed by atoms with van der Waals surface area (Å²) in [6.45, 7) is 21.8. The van der Waals surface area contributed by atoms with Crippen LogP contribution in [0, 0.1) is 0 Å². The summed E-state index contributed by atoms with van der Waals surface area (Å²) in [5.41, 5.74) is 0. The van der Waals surface area contributed by atoms with Crippen LogP contribution in [-0.4, -0.2) is 122 Å². The standard InChI is InChI=1S/C13H27N3.C8H18N2/c1-12(2)15-6-4-13(5-7-15)16-10-8-14(3)9-11-16;1-8(2)10-6-4-9(3)5-7-10/h12-13H,4-11H2,1-3H3;8H,4-7H2,1-3H3. The first-order valence-electron chi connectivity index (χ1n) is 11.0. The van der Waals surface area contributed by atoms with Gasteiger partial charge in [-0.25, -0.2) is 0 Å². The normalized spacial score (nSPS) is 26.3. The first-order chi connectivity index (χ1) is 12.4. The van der Waals surface area contributed by atoms with Gasteiger partial charge in [-0.2, -0.15) is 0 Å². The lowest BCUT2D eigenvalue weighted by Crippen LogP contribution is -2.53. The van der Waals surface area contributed by atoms with Gasteiger partial charge in [0.1, 0.15) is 0 Å². The first-order valence-corrected chi connectivity index (χ1v) is 11.0. The van der Waals surface area contributed by atoms with Crippen molar-refractivity contribution in [2.24, 2.45) is 0 Å². The van der Waals surface area contributed by atoms with Crippen LogP contribution in [0.3, 0.4) is 0 Å². The molecule has 0 aromatic heterocycles. The summed E-state index contributed by atoms with van der Waals surface area (Å²) >= 11 is 0. The molecule has 3 saturated heterocycles. The molecular weight excluding hydrogens is 322 g/mol. The van der Waals surface area contributed by atoms with Gasteiger partial charge in [-0.1, -0.05) is 0 Å². The summed E-state index contributed by atoms with van der Waals surface area (Å²) in [6, 6.07) is 2.32. The largest absolute Gasteiger partial charge is 0.304 e. The average Bonchev–Trinajstić information content (AvgIpc) is 2.63. The van der Waals surface area contributed by atoms with Gasteiger partial charge in [-0.15, -0.1) is 0 Å². The second-order valence-electron chi connectivity index (χ2n) is 9.13. The molecule has 0 radical (unpaired) electrons. The summed E-state index contributed by atoms with van der Waals surface area (Å²) in [6.07, 6.45) is 2.75. The fourth-order valence-electron chi connectivity index (χ4n) is 4.29. The molecule has 0 aliphatic carbocycles. The van der Waals surface area contributed by atoms with E-state index in [4.69, 9.17) is 0 Å².